The van der Waals surface area contributed by atoms with E-state index in [1.165, 1.54) is 5.56 Å². The van der Waals surface area contributed by atoms with Crippen molar-refractivity contribution in [2.24, 2.45) is 0 Å². The average molecular weight is 467 g/mol. The van der Waals surface area contributed by atoms with E-state index in [1.54, 1.807) is 41.8 Å². The molecule has 0 aliphatic rings. The third kappa shape index (κ3) is 7.53. The van der Waals surface area contributed by atoms with Crippen LogP contribution in [0.5, 0.6) is 0 Å². The third-order valence-electron chi connectivity index (χ3n) is 4.56. The monoisotopic (exact) mass is 466 g/mol. The molecular formula is C23H28Cl2N2O2S. The van der Waals surface area contributed by atoms with Crippen LogP contribution in [0.1, 0.15) is 38.3 Å². The summed E-state index contributed by atoms with van der Waals surface area (Å²) in [5, 5.41) is 3.84. The van der Waals surface area contributed by atoms with E-state index in [-0.39, 0.29) is 24.4 Å². The van der Waals surface area contributed by atoms with E-state index in [2.05, 4.69) is 17.4 Å². The summed E-state index contributed by atoms with van der Waals surface area (Å²) in [4.78, 5) is 27.2. The van der Waals surface area contributed by atoms with Crippen LogP contribution in [0.25, 0.3) is 0 Å². The molecule has 0 heterocycles. The number of nitrogens with zero attached hydrogens (tertiary/aromatic N) is 1. The summed E-state index contributed by atoms with van der Waals surface area (Å²) >= 11 is 14.3. The number of amides is 2. The quantitative estimate of drug-likeness (QED) is 0.466. The topological polar surface area (TPSA) is 49.4 Å². The van der Waals surface area contributed by atoms with Crippen molar-refractivity contribution in [1.29, 1.82) is 0 Å². The third-order valence-corrected chi connectivity index (χ3v) is 6.30. The molecule has 2 aromatic carbocycles. The fraction of sp³-hybridized carbons (Fsp3) is 0.391. The van der Waals surface area contributed by atoms with Crippen molar-refractivity contribution in [2.45, 2.75) is 51.6 Å². The van der Waals surface area contributed by atoms with Gasteiger partial charge in [-0.1, -0.05) is 59.6 Å². The van der Waals surface area contributed by atoms with Crippen LogP contribution in [0.4, 0.5) is 0 Å². The number of hydrogen-bond donors (Lipinski definition) is 1. The normalized spacial score (nSPS) is 11.9. The second-order valence-electron chi connectivity index (χ2n) is 7.35. The van der Waals surface area contributed by atoms with Crippen LogP contribution in [0.3, 0.4) is 0 Å². The fourth-order valence-electron chi connectivity index (χ4n) is 2.91. The molecule has 162 valence electrons. The molecule has 2 amide bonds. The SMILES string of the molecule is CC(C)NC(=O)[C@H](C)N(Cc1c(Cl)cccc1Cl)C(=O)CCSCc1ccccc1. The molecular weight excluding hydrogens is 439 g/mol. The lowest BCUT2D eigenvalue weighted by atomic mass is 10.1. The molecule has 4 nitrogen and oxygen atoms in total. The van der Waals surface area contributed by atoms with Crippen molar-refractivity contribution in [2.75, 3.05) is 5.75 Å². The van der Waals surface area contributed by atoms with Crippen molar-refractivity contribution < 1.29 is 9.59 Å². The van der Waals surface area contributed by atoms with Crippen LogP contribution in [0, 0.1) is 0 Å². The van der Waals surface area contributed by atoms with Gasteiger partial charge in [0.1, 0.15) is 6.04 Å². The summed E-state index contributed by atoms with van der Waals surface area (Å²) in [6.45, 7) is 5.70. The zero-order valence-electron chi connectivity index (χ0n) is 17.5. The first-order valence-corrected chi connectivity index (χ1v) is 11.8. The number of halogens is 2. The molecule has 0 spiro atoms. The molecule has 0 fully saturated rings. The first-order valence-electron chi connectivity index (χ1n) is 9.94. The summed E-state index contributed by atoms with van der Waals surface area (Å²) in [6.07, 6.45) is 0.332. The lowest BCUT2D eigenvalue weighted by Crippen LogP contribution is -2.49. The highest BCUT2D eigenvalue weighted by Gasteiger charge is 2.27. The molecule has 0 aliphatic carbocycles. The first-order chi connectivity index (χ1) is 14.3. The van der Waals surface area contributed by atoms with E-state index in [4.69, 9.17) is 23.2 Å². The molecule has 0 aromatic heterocycles. The Morgan fingerprint density at radius 1 is 1.00 bits per heavy atom. The predicted octanol–water partition coefficient (Wildman–Crippen LogP) is 5.56. The van der Waals surface area contributed by atoms with E-state index < -0.39 is 6.04 Å². The molecule has 0 aliphatic heterocycles. The van der Waals surface area contributed by atoms with E-state index in [1.807, 2.05) is 32.0 Å². The van der Waals surface area contributed by atoms with Crippen molar-refractivity contribution in [3.8, 4) is 0 Å². The predicted molar refractivity (Wildman–Crippen MR) is 127 cm³/mol. The van der Waals surface area contributed by atoms with Crippen LogP contribution in [0.15, 0.2) is 48.5 Å². The zero-order valence-corrected chi connectivity index (χ0v) is 19.9. The first kappa shape index (κ1) is 24.6. The van der Waals surface area contributed by atoms with E-state index in [9.17, 15) is 9.59 Å². The summed E-state index contributed by atoms with van der Waals surface area (Å²) in [6, 6.07) is 14.7. The van der Waals surface area contributed by atoms with Crippen LogP contribution >= 0.6 is 35.0 Å². The van der Waals surface area contributed by atoms with Crippen LogP contribution < -0.4 is 5.32 Å². The highest BCUT2D eigenvalue weighted by Crippen LogP contribution is 2.27. The Bertz CT molecular complexity index is 826. The lowest BCUT2D eigenvalue weighted by Gasteiger charge is -2.30. The maximum absolute atomic E-state index is 13.1. The summed E-state index contributed by atoms with van der Waals surface area (Å²) < 4.78 is 0. The van der Waals surface area contributed by atoms with Crippen LogP contribution in [-0.4, -0.2) is 34.6 Å². The molecule has 30 heavy (non-hydrogen) atoms. The molecule has 2 rings (SSSR count). The van der Waals surface area contributed by atoms with Gasteiger partial charge in [0.25, 0.3) is 0 Å². The molecule has 0 radical (unpaired) electrons. The van der Waals surface area contributed by atoms with Crippen molar-refractivity contribution in [3.63, 3.8) is 0 Å². The van der Waals surface area contributed by atoms with E-state index >= 15 is 0 Å². The van der Waals surface area contributed by atoms with Gasteiger partial charge in [-0.2, -0.15) is 11.8 Å². The molecule has 0 saturated carbocycles. The average Bonchev–Trinajstić information content (AvgIpc) is 2.70. The molecule has 0 bridgehead atoms. The molecule has 1 atom stereocenters. The van der Waals surface area contributed by atoms with Crippen molar-refractivity contribution >= 4 is 46.8 Å². The molecule has 1 N–H and O–H groups in total. The van der Waals surface area contributed by atoms with Gasteiger partial charge in [-0.25, -0.2) is 0 Å². The Balaban J connectivity index is 2.07. The fourth-order valence-corrected chi connectivity index (χ4v) is 4.32. The maximum atomic E-state index is 13.1. The number of hydrogen-bond acceptors (Lipinski definition) is 3. The van der Waals surface area contributed by atoms with Gasteiger partial charge < -0.3 is 10.2 Å². The highest BCUT2D eigenvalue weighted by atomic mass is 35.5. The minimum absolute atomic E-state index is 0.0118. The molecule has 0 unspecified atom stereocenters. The summed E-state index contributed by atoms with van der Waals surface area (Å²) in [5.41, 5.74) is 1.87. The molecule has 7 heteroatoms. The smallest absolute Gasteiger partial charge is 0.242 e. The standard InChI is InChI=1S/C23H28Cl2N2O2S/c1-16(2)26-23(29)17(3)27(14-19-20(24)10-7-11-21(19)25)22(28)12-13-30-15-18-8-5-4-6-9-18/h4-11,16-17H,12-15H2,1-3H3,(H,26,29)/t17-/m0/s1. The molecule has 0 saturated heterocycles. The second-order valence-corrected chi connectivity index (χ2v) is 9.27. The Hall–Kier alpha value is -1.69. The summed E-state index contributed by atoms with van der Waals surface area (Å²) in [5.74, 6) is 1.21. The minimum atomic E-state index is -0.633. The van der Waals surface area contributed by atoms with Crippen molar-refractivity contribution in [3.05, 3.63) is 69.7 Å². The van der Waals surface area contributed by atoms with E-state index in [0.29, 0.717) is 27.8 Å². The Morgan fingerprint density at radius 3 is 2.23 bits per heavy atom. The van der Waals surface area contributed by atoms with Gasteiger partial charge >= 0.3 is 0 Å². The highest BCUT2D eigenvalue weighted by molar-refractivity contribution is 7.98. The number of carbonyl (C=O) groups excluding carboxylic acids is 2. The lowest BCUT2D eigenvalue weighted by molar-refractivity contribution is -0.140. The van der Waals surface area contributed by atoms with Crippen molar-refractivity contribution in [1.82, 2.24) is 10.2 Å². The number of benzene rings is 2. The van der Waals surface area contributed by atoms with Crippen LogP contribution in [-0.2, 0) is 21.9 Å². The second kappa shape index (κ2) is 12.2. The Kier molecular flexibility index (Phi) is 10.0. The van der Waals surface area contributed by atoms with Crippen LogP contribution in [0.2, 0.25) is 10.0 Å². The van der Waals surface area contributed by atoms with E-state index in [0.717, 1.165) is 5.75 Å². The van der Waals surface area contributed by atoms with Gasteiger partial charge in [0.15, 0.2) is 0 Å². The number of nitrogens with one attached hydrogen (secondary N) is 1. The maximum Gasteiger partial charge on any atom is 0.242 e. The summed E-state index contributed by atoms with van der Waals surface area (Å²) in [7, 11) is 0. The van der Waals surface area contributed by atoms with Gasteiger partial charge in [-0.15, -0.1) is 0 Å². The Labute approximate surface area is 193 Å². The number of thioether (sulfide) groups is 1. The van der Waals surface area contributed by atoms with Gasteiger partial charge in [-0.3, -0.25) is 9.59 Å². The van der Waals surface area contributed by atoms with Gasteiger partial charge in [-0.05, 0) is 38.5 Å². The number of rotatable bonds is 10. The van der Waals surface area contributed by atoms with Gasteiger partial charge in [0.2, 0.25) is 11.8 Å². The Morgan fingerprint density at radius 2 is 1.63 bits per heavy atom. The minimum Gasteiger partial charge on any atom is -0.352 e. The van der Waals surface area contributed by atoms with Gasteiger partial charge in [0, 0.05) is 46.1 Å². The molecule has 2 aromatic rings. The zero-order chi connectivity index (χ0) is 22.1. The number of carbonyl (C=O) groups is 2. The largest absolute Gasteiger partial charge is 0.352 e. The van der Waals surface area contributed by atoms with Gasteiger partial charge in [0.05, 0.1) is 0 Å².